The molecule has 3 nitrogen and oxygen atoms in total. The summed E-state index contributed by atoms with van der Waals surface area (Å²) in [5.74, 6) is -0.534. The largest absolute Gasteiger partial charge is 0.349 e. The highest BCUT2D eigenvalue weighted by atomic mass is 32.2. The topological polar surface area (TPSA) is 41.1 Å². The lowest BCUT2D eigenvalue weighted by Crippen LogP contribution is -2.39. The fraction of sp³-hybridized carbons (Fsp3) is 0.632. The molecule has 1 rings (SSSR count). The van der Waals surface area contributed by atoms with Crippen LogP contribution in [-0.4, -0.2) is 22.7 Å². The first-order chi connectivity index (χ1) is 11.1. The van der Waals surface area contributed by atoms with Gasteiger partial charge in [0.1, 0.15) is 5.83 Å². The molecule has 0 heterocycles. The molecule has 0 saturated heterocycles. The van der Waals surface area contributed by atoms with Crippen LogP contribution in [-0.2, 0) is 4.79 Å². The van der Waals surface area contributed by atoms with Gasteiger partial charge < -0.3 is 5.32 Å². The molecule has 0 aromatic heterocycles. The lowest BCUT2D eigenvalue weighted by Gasteiger charge is -2.27. The van der Waals surface area contributed by atoms with Crippen molar-refractivity contribution >= 4 is 17.9 Å². The van der Waals surface area contributed by atoms with Crippen molar-refractivity contribution in [3.63, 3.8) is 0 Å². The molecule has 0 aromatic carbocycles. The van der Waals surface area contributed by atoms with Gasteiger partial charge in [-0.3, -0.25) is 9.52 Å². The first-order valence-electron chi connectivity index (χ1n) is 8.57. The maximum Gasteiger partial charge on any atom is 0.227 e. The van der Waals surface area contributed by atoms with Crippen molar-refractivity contribution in [3.05, 3.63) is 36.2 Å². The molecule has 2 N–H and O–H groups in total. The lowest BCUT2D eigenvalue weighted by molar-refractivity contribution is -0.124. The molecule has 1 aliphatic rings. The van der Waals surface area contributed by atoms with Gasteiger partial charge in [0.05, 0.1) is 5.92 Å². The van der Waals surface area contributed by atoms with Crippen molar-refractivity contribution in [3.8, 4) is 0 Å². The van der Waals surface area contributed by atoms with E-state index >= 15 is 0 Å². The predicted octanol–water partition coefficient (Wildman–Crippen LogP) is 4.68. The number of allylic oxidation sites excluding steroid dienone is 2. The molecular formula is C19H31FN2OS. The van der Waals surface area contributed by atoms with E-state index in [4.69, 9.17) is 0 Å². The summed E-state index contributed by atoms with van der Waals surface area (Å²) in [5.41, 5.74) is 0.380. The molecule has 0 radical (unpaired) electrons. The van der Waals surface area contributed by atoms with Crippen LogP contribution in [0.2, 0.25) is 0 Å². The summed E-state index contributed by atoms with van der Waals surface area (Å²) in [6.45, 7) is 13.6. The van der Waals surface area contributed by atoms with Crippen molar-refractivity contribution in [2.45, 2.75) is 70.7 Å². The summed E-state index contributed by atoms with van der Waals surface area (Å²) in [6.07, 6.45) is 7.84. The Morgan fingerprint density at radius 2 is 2.08 bits per heavy atom. The number of carbonyl (C=O) groups excluding carboxylic acids is 1. The number of nitrogens with one attached hydrogen (secondary N) is 2. The standard InChI is InChI=1S/C19H31FN2OS/c1-7-15(12-17(20)13(2)3)21-18(23)14-8-10-16(11-9-14)22-24-19(4,5)6/h8,10,12,14-16,22H,2,7,9,11H2,1,3-6H3,(H,21,23)/b17-12+/t14?,15-,16?/m1/s1. The molecular weight excluding hydrogens is 323 g/mol. The van der Waals surface area contributed by atoms with E-state index in [0.29, 0.717) is 18.0 Å². The van der Waals surface area contributed by atoms with Crippen LogP contribution in [0, 0.1) is 5.92 Å². The summed E-state index contributed by atoms with van der Waals surface area (Å²) in [4.78, 5) is 12.4. The van der Waals surface area contributed by atoms with Gasteiger partial charge in [0.25, 0.3) is 0 Å². The Morgan fingerprint density at radius 3 is 2.54 bits per heavy atom. The van der Waals surface area contributed by atoms with E-state index in [-0.39, 0.29) is 28.4 Å². The Hall–Kier alpha value is -1.07. The Kier molecular flexibility index (Phi) is 8.23. The zero-order valence-electron chi connectivity index (χ0n) is 15.5. The third-order valence-electron chi connectivity index (χ3n) is 3.74. The molecule has 0 fully saturated rings. The van der Waals surface area contributed by atoms with Gasteiger partial charge in [0.2, 0.25) is 5.91 Å². The fourth-order valence-corrected chi connectivity index (χ4v) is 2.96. The second-order valence-corrected chi connectivity index (χ2v) is 8.99. The van der Waals surface area contributed by atoms with Gasteiger partial charge in [0, 0.05) is 16.8 Å². The maximum absolute atomic E-state index is 13.7. The van der Waals surface area contributed by atoms with Crippen LogP contribution in [0.1, 0.15) is 53.9 Å². The van der Waals surface area contributed by atoms with E-state index in [1.165, 1.54) is 6.08 Å². The summed E-state index contributed by atoms with van der Waals surface area (Å²) in [6, 6.07) is -0.00380. The second-order valence-electron chi connectivity index (χ2n) is 7.33. The summed E-state index contributed by atoms with van der Waals surface area (Å²) in [7, 11) is 0. The molecule has 1 amide bonds. The van der Waals surface area contributed by atoms with Gasteiger partial charge in [0.15, 0.2) is 0 Å². The molecule has 0 aromatic rings. The van der Waals surface area contributed by atoms with Gasteiger partial charge in [-0.25, -0.2) is 4.39 Å². The van der Waals surface area contributed by atoms with Crippen LogP contribution in [0.5, 0.6) is 0 Å². The molecule has 0 aliphatic heterocycles. The summed E-state index contributed by atoms with van der Waals surface area (Å²) in [5, 5.41) is 2.92. The fourth-order valence-electron chi connectivity index (χ4n) is 2.26. The quantitative estimate of drug-likeness (QED) is 0.396. The minimum atomic E-state index is -0.357. The molecule has 0 spiro atoms. The Balaban J connectivity index is 2.55. The predicted molar refractivity (Wildman–Crippen MR) is 102 cm³/mol. The lowest BCUT2D eigenvalue weighted by atomic mass is 9.92. The molecule has 5 heteroatoms. The first kappa shape index (κ1) is 21.0. The minimum Gasteiger partial charge on any atom is -0.349 e. The highest BCUT2D eigenvalue weighted by molar-refractivity contribution is 7.98. The number of rotatable bonds is 7. The van der Waals surface area contributed by atoms with E-state index < -0.39 is 0 Å². The van der Waals surface area contributed by atoms with Crippen LogP contribution in [0.3, 0.4) is 0 Å². The number of carbonyl (C=O) groups is 1. The Morgan fingerprint density at radius 1 is 1.42 bits per heavy atom. The highest BCUT2D eigenvalue weighted by Gasteiger charge is 2.24. The van der Waals surface area contributed by atoms with Crippen molar-refractivity contribution in [1.29, 1.82) is 0 Å². The van der Waals surface area contributed by atoms with E-state index in [2.05, 4.69) is 43.5 Å². The third kappa shape index (κ3) is 7.67. The molecule has 136 valence electrons. The second kappa shape index (κ2) is 9.42. The molecule has 2 unspecified atom stereocenters. The van der Waals surface area contributed by atoms with Gasteiger partial charge >= 0.3 is 0 Å². The average Bonchev–Trinajstić information content (AvgIpc) is 2.51. The number of hydrogen-bond acceptors (Lipinski definition) is 3. The third-order valence-corrected chi connectivity index (χ3v) is 4.77. The van der Waals surface area contributed by atoms with Crippen molar-refractivity contribution in [1.82, 2.24) is 10.0 Å². The van der Waals surface area contributed by atoms with E-state index in [1.807, 2.05) is 13.0 Å². The minimum absolute atomic E-state index is 0.0363. The van der Waals surface area contributed by atoms with Gasteiger partial charge in [-0.1, -0.05) is 37.6 Å². The Labute approximate surface area is 150 Å². The molecule has 3 atom stereocenters. The van der Waals surface area contributed by atoms with Crippen LogP contribution in [0.25, 0.3) is 0 Å². The van der Waals surface area contributed by atoms with Crippen molar-refractivity contribution in [2.75, 3.05) is 0 Å². The van der Waals surface area contributed by atoms with Gasteiger partial charge in [-0.05, 0) is 58.6 Å². The Bertz CT molecular complexity index is 508. The van der Waals surface area contributed by atoms with E-state index in [1.54, 1.807) is 18.9 Å². The van der Waals surface area contributed by atoms with Gasteiger partial charge in [-0.15, -0.1) is 0 Å². The number of halogens is 1. The van der Waals surface area contributed by atoms with Gasteiger partial charge in [-0.2, -0.15) is 0 Å². The monoisotopic (exact) mass is 354 g/mol. The smallest absolute Gasteiger partial charge is 0.227 e. The molecule has 24 heavy (non-hydrogen) atoms. The van der Waals surface area contributed by atoms with Crippen LogP contribution >= 0.6 is 11.9 Å². The van der Waals surface area contributed by atoms with Crippen molar-refractivity contribution < 1.29 is 9.18 Å². The van der Waals surface area contributed by atoms with E-state index in [9.17, 15) is 9.18 Å². The molecule has 0 bridgehead atoms. The highest BCUT2D eigenvalue weighted by Crippen LogP contribution is 2.24. The zero-order chi connectivity index (χ0) is 18.3. The maximum atomic E-state index is 13.7. The number of amides is 1. The van der Waals surface area contributed by atoms with Crippen LogP contribution < -0.4 is 10.0 Å². The molecule has 0 saturated carbocycles. The summed E-state index contributed by atoms with van der Waals surface area (Å²) >= 11 is 1.71. The summed E-state index contributed by atoms with van der Waals surface area (Å²) < 4.78 is 17.3. The van der Waals surface area contributed by atoms with Crippen LogP contribution in [0.4, 0.5) is 4.39 Å². The average molecular weight is 355 g/mol. The zero-order valence-corrected chi connectivity index (χ0v) is 16.3. The first-order valence-corrected chi connectivity index (χ1v) is 9.39. The normalized spacial score (nSPS) is 23.0. The number of hydrogen-bond donors (Lipinski definition) is 2. The van der Waals surface area contributed by atoms with Crippen molar-refractivity contribution in [2.24, 2.45) is 5.92 Å². The van der Waals surface area contributed by atoms with Crippen LogP contribution in [0.15, 0.2) is 36.2 Å². The molecule has 1 aliphatic carbocycles. The SMILES string of the molecule is C=C(C)/C(F)=C\[C@@H](CC)NC(=O)C1C=CC(NSC(C)(C)C)CC1. The van der Waals surface area contributed by atoms with E-state index in [0.717, 1.165) is 12.8 Å².